The Morgan fingerprint density at radius 1 is 1.18 bits per heavy atom. The van der Waals surface area contributed by atoms with Crippen molar-refractivity contribution in [3.63, 3.8) is 0 Å². The van der Waals surface area contributed by atoms with Crippen LogP contribution in [-0.4, -0.2) is 11.6 Å². The van der Waals surface area contributed by atoms with Crippen LogP contribution in [0.15, 0.2) is 48.0 Å². The van der Waals surface area contributed by atoms with E-state index in [4.69, 9.17) is 4.74 Å². The van der Waals surface area contributed by atoms with Crippen LogP contribution >= 0.6 is 0 Å². The van der Waals surface area contributed by atoms with Gasteiger partial charge in [-0.2, -0.15) is 0 Å². The van der Waals surface area contributed by atoms with Gasteiger partial charge >= 0.3 is 0 Å². The topological polar surface area (TPSA) is 38.3 Å². The molecular weight excluding hydrogens is 274 g/mol. The molecule has 2 aromatic rings. The van der Waals surface area contributed by atoms with Crippen LogP contribution in [0.25, 0.3) is 10.8 Å². The molecule has 0 aliphatic carbocycles. The number of hydrogen-bond acceptors (Lipinski definition) is 2. The van der Waals surface area contributed by atoms with Crippen LogP contribution in [-0.2, 0) is 4.79 Å². The summed E-state index contributed by atoms with van der Waals surface area (Å²) in [6.07, 6.45) is 2.05. The lowest BCUT2D eigenvalue weighted by molar-refractivity contribution is -0.122. The second-order valence-corrected chi connectivity index (χ2v) is 6.59. The predicted octanol–water partition coefficient (Wildman–Crippen LogP) is 3.74. The summed E-state index contributed by atoms with van der Waals surface area (Å²) in [7, 11) is 0. The van der Waals surface area contributed by atoms with Gasteiger partial charge in [-0.15, -0.1) is 0 Å². The van der Waals surface area contributed by atoms with Gasteiger partial charge in [-0.25, -0.2) is 0 Å². The van der Waals surface area contributed by atoms with E-state index in [1.807, 2.05) is 26.0 Å². The van der Waals surface area contributed by atoms with E-state index in [-0.39, 0.29) is 17.7 Å². The van der Waals surface area contributed by atoms with Gasteiger partial charge in [0.05, 0.1) is 5.92 Å². The number of nitrogens with one attached hydrogen (secondary N) is 1. The molecule has 1 N–H and O–H groups in total. The fourth-order valence-corrected chi connectivity index (χ4v) is 3.94. The molecule has 0 saturated heterocycles. The van der Waals surface area contributed by atoms with Crippen molar-refractivity contribution in [2.75, 3.05) is 0 Å². The molecule has 0 fully saturated rings. The van der Waals surface area contributed by atoms with Gasteiger partial charge in [-0.3, -0.25) is 4.79 Å². The first kappa shape index (κ1) is 13.4. The molecule has 2 aliphatic heterocycles. The van der Waals surface area contributed by atoms with Gasteiger partial charge in [0.15, 0.2) is 5.72 Å². The van der Waals surface area contributed by atoms with E-state index in [1.54, 1.807) is 0 Å². The predicted molar refractivity (Wildman–Crippen MR) is 86.8 cm³/mol. The fraction of sp³-hybridized carbons (Fsp3) is 0.316. The molecular formula is C19H19NO2. The quantitative estimate of drug-likeness (QED) is 0.803. The summed E-state index contributed by atoms with van der Waals surface area (Å²) in [6, 6.07) is 12.6. The second-order valence-electron chi connectivity index (χ2n) is 6.59. The van der Waals surface area contributed by atoms with Crippen molar-refractivity contribution in [2.24, 2.45) is 5.92 Å². The highest BCUT2D eigenvalue weighted by atomic mass is 16.5. The smallest absolute Gasteiger partial charge is 0.249 e. The highest BCUT2D eigenvalue weighted by Crippen LogP contribution is 2.50. The third kappa shape index (κ3) is 1.78. The van der Waals surface area contributed by atoms with Crippen molar-refractivity contribution < 1.29 is 9.53 Å². The molecule has 0 spiro atoms. The molecule has 3 atom stereocenters. The van der Waals surface area contributed by atoms with Crippen molar-refractivity contribution in [1.29, 1.82) is 0 Å². The van der Waals surface area contributed by atoms with Crippen LogP contribution in [0.3, 0.4) is 0 Å². The van der Waals surface area contributed by atoms with Gasteiger partial charge < -0.3 is 10.1 Å². The maximum Gasteiger partial charge on any atom is 0.249 e. The van der Waals surface area contributed by atoms with Gasteiger partial charge in [0, 0.05) is 11.1 Å². The summed E-state index contributed by atoms with van der Waals surface area (Å²) in [5, 5.41) is 5.43. The first-order chi connectivity index (χ1) is 10.5. The zero-order valence-corrected chi connectivity index (χ0v) is 13.0. The molecule has 0 radical (unpaired) electrons. The van der Waals surface area contributed by atoms with Gasteiger partial charge in [-0.05, 0) is 42.7 Å². The second kappa shape index (κ2) is 4.35. The number of ether oxygens (including phenoxy) is 1. The first-order valence-electron chi connectivity index (χ1n) is 7.70. The molecule has 2 aliphatic rings. The lowest BCUT2D eigenvalue weighted by Crippen LogP contribution is -2.52. The maximum absolute atomic E-state index is 12.2. The zero-order valence-electron chi connectivity index (χ0n) is 13.0. The van der Waals surface area contributed by atoms with Crippen LogP contribution in [0, 0.1) is 5.92 Å². The molecule has 2 heterocycles. The molecule has 0 aromatic heterocycles. The Hall–Kier alpha value is -2.29. The Morgan fingerprint density at radius 3 is 2.59 bits per heavy atom. The third-order valence-electron chi connectivity index (χ3n) is 4.89. The number of benzene rings is 2. The number of rotatable bonds is 0. The lowest BCUT2D eigenvalue weighted by atomic mass is 9.81. The normalized spacial score (nSPS) is 30.0. The fourth-order valence-electron chi connectivity index (χ4n) is 3.94. The van der Waals surface area contributed by atoms with Gasteiger partial charge in [0.25, 0.3) is 0 Å². The minimum Gasteiger partial charge on any atom is -0.467 e. The molecule has 0 bridgehead atoms. The molecule has 22 heavy (non-hydrogen) atoms. The van der Waals surface area contributed by atoms with Crippen molar-refractivity contribution in [3.05, 3.63) is 53.6 Å². The monoisotopic (exact) mass is 293 g/mol. The number of fused-ring (bicyclic) bond motifs is 4. The highest BCUT2D eigenvalue weighted by molar-refractivity contribution is 5.94. The third-order valence-corrected chi connectivity index (χ3v) is 4.89. The Bertz CT molecular complexity index is 823. The molecule has 1 amide bonds. The number of carbonyl (C=O) groups excluding carboxylic acids is 1. The number of allylic oxidation sites excluding steroid dienone is 1. The number of amides is 1. The van der Waals surface area contributed by atoms with Crippen LogP contribution < -0.4 is 10.1 Å². The van der Waals surface area contributed by atoms with Crippen molar-refractivity contribution in [3.8, 4) is 5.75 Å². The standard InChI is InChI=1S/C19H19NO2/c1-11-8-12(2)18(21)20-19(3)17(11)15-9-13-6-4-5-7-14(13)10-16(15)22-19/h4-11,17H,1-3H3,(H,20,21)/t11-,17+,19-/m1/s1. The van der Waals surface area contributed by atoms with E-state index in [0.717, 1.165) is 16.7 Å². The summed E-state index contributed by atoms with van der Waals surface area (Å²) >= 11 is 0. The molecule has 0 saturated carbocycles. The minimum atomic E-state index is -0.690. The van der Waals surface area contributed by atoms with E-state index < -0.39 is 5.72 Å². The number of carbonyl (C=O) groups is 1. The highest BCUT2D eigenvalue weighted by Gasteiger charge is 2.49. The SMILES string of the molecule is CC1=C[C@@H](C)[C@H]2c3cc4ccccc4cc3O[C@@]2(C)NC1=O. The van der Waals surface area contributed by atoms with Crippen LogP contribution in [0.4, 0.5) is 0 Å². The van der Waals surface area contributed by atoms with Gasteiger partial charge in [-0.1, -0.05) is 37.3 Å². The van der Waals surface area contributed by atoms with E-state index in [9.17, 15) is 4.79 Å². The van der Waals surface area contributed by atoms with E-state index >= 15 is 0 Å². The van der Waals surface area contributed by atoms with Crippen molar-refractivity contribution in [1.82, 2.24) is 5.32 Å². The molecule has 0 unspecified atom stereocenters. The lowest BCUT2D eigenvalue weighted by Gasteiger charge is -2.32. The van der Waals surface area contributed by atoms with Crippen molar-refractivity contribution in [2.45, 2.75) is 32.4 Å². The average molecular weight is 293 g/mol. The summed E-state index contributed by atoms with van der Waals surface area (Å²) in [5.74, 6) is 1.18. The Balaban J connectivity index is 1.92. The molecule has 3 heteroatoms. The van der Waals surface area contributed by atoms with Gasteiger partial charge in [0.2, 0.25) is 5.91 Å². The van der Waals surface area contributed by atoms with E-state index in [0.29, 0.717) is 0 Å². The Labute approximate surface area is 130 Å². The Morgan fingerprint density at radius 2 is 1.86 bits per heavy atom. The Kier molecular flexibility index (Phi) is 2.65. The number of hydrogen-bond donors (Lipinski definition) is 1. The molecule has 4 rings (SSSR count). The van der Waals surface area contributed by atoms with E-state index in [1.165, 1.54) is 10.9 Å². The minimum absolute atomic E-state index is 0.0470. The van der Waals surface area contributed by atoms with E-state index in [2.05, 4.69) is 42.6 Å². The molecule has 3 nitrogen and oxygen atoms in total. The van der Waals surface area contributed by atoms with Gasteiger partial charge in [0.1, 0.15) is 5.75 Å². The molecule has 112 valence electrons. The summed E-state index contributed by atoms with van der Waals surface area (Å²) in [6.45, 7) is 5.99. The van der Waals surface area contributed by atoms with Crippen LogP contribution in [0.2, 0.25) is 0 Å². The maximum atomic E-state index is 12.2. The summed E-state index contributed by atoms with van der Waals surface area (Å²) < 4.78 is 6.21. The van der Waals surface area contributed by atoms with Crippen LogP contribution in [0.1, 0.15) is 32.3 Å². The molecule has 2 aromatic carbocycles. The average Bonchev–Trinajstić information content (AvgIpc) is 2.70. The van der Waals surface area contributed by atoms with Crippen molar-refractivity contribution >= 4 is 16.7 Å². The first-order valence-corrected chi connectivity index (χ1v) is 7.70. The zero-order chi connectivity index (χ0) is 15.5. The summed E-state index contributed by atoms with van der Waals surface area (Å²) in [4.78, 5) is 12.2. The largest absolute Gasteiger partial charge is 0.467 e. The summed E-state index contributed by atoms with van der Waals surface area (Å²) in [5.41, 5.74) is 1.25. The van der Waals surface area contributed by atoms with Crippen LogP contribution in [0.5, 0.6) is 5.75 Å².